The number of benzene rings is 1. The smallest absolute Gasteiger partial charge is 0.298 e. The van der Waals surface area contributed by atoms with E-state index in [4.69, 9.17) is 11.6 Å². The number of amides is 1. The molecule has 0 spiro atoms. The minimum Gasteiger partial charge on any atom is -0.298 e. The van der Waals surface area contributed by atoms with Crippen molar-refractivity contribution in [2.45, 2.75) is 6.18 Å². The van der Waals surface area contributed by atoms with Gasteiger partial charge in [-0.3, -0.25) is 10.1 Å². The number of nitrogens with zero attached hydrogens (tertiary/aromatic N) is 2. The van der Waals surface area contributed by atoms with Crippen LogP contribution in [0.4, 0.5) is 22.7 Å². The van der Waals surface area contributed by atoms with E-state index in [1.807, 2.05) is 0 Å². The van der Waals surface area contributed by atoms with Crippen molar-refractivity contribution in [3.05, 3.63) is 64.0 Å². The summed E-state index contributed by atoms with van der Waals surface area (Å²) in [5, 5.41) is 4.16. The number of nitrogens with one attached hydrogen (secondary N) is 1. The van der Waals surface area contributed by atoms with Crippen LogP contribution in [-0.2, 0) is 6.18 Å². The van der Waals surface area contributed by atoms with Crippen LogP contribution in [-0.4, -0.2) is 15.9 Å². The Morgan fingerprint density at radius 2 is 1.96 bits per heavy atom. The Hall–Kier alpha value is -2.52. The molecule has 2 aromatic heterocycles. The Morgan fingerprint density at radius 3 is 2.62 bits per heavy atom. The molecule has 0 saturated carbocycles. The molecule has 0 aliphatic heterocycles. The van der Waals surface area contributed by atoms with Crippen LogP contribution in [0.15, 0.2) is 41.9 Å². The third-order valence-corrected chi connectivity index (χ3v) is 4.28. The average molecular weight is 402 g/mol. The Labute approximate surface area is 153 Å². The summed E-state index contributed by atoms with van der Waals surface area (Å²) in [7, 11) is 0. The van der Waals surface area contributed by atoms with Gasteiger partial charge in [0.1, 0.15) is 11.0 Å². The maximum Gasteiger partial charge on any atom is 0.419 e. The van der Waals surface area contributed by atoms with Gasteiger partial charge < -0.3 is 0 Å². The summed E-state index contributed by atoms with van der Waals surface area (Å²) < 4.78 is 52.6. The summed E-state index contributed by atoms with van der Waals surface area (Å²) in [6, 6.07) is 5.82. The van der Waals surface area contributed by atoms with Gasteiger partial charge in [0.15, 0.2) is 5.13 Å². The first-order chi connectivity index (χ1) is 12.3. The van der Waals surface area contributed by atoms with E-state index >= 15 is 0 Å². The highest BCUT2D eigenvalue weighted by molar-refractivity contribution is 7.14. The molecular formula is C16H8ClF4N3OS. The van der Waals surface area contributed by atoms with Crippen molar-refractivity contribution in [1.82, 2.24) is 9.97 Å². The SMILES string of the molecule is O=C(Nc1nc(-c2cccc(C(F)(F)F)c2F)cs1)c1ccc(Cl)nc1. The van der Waals surface area contributed by atoms with Crippen LogP contribution in [0.2, 0.25) is 5.15 Å². The van der Waals surface area contributed by atoms with Gasteiger partial charge in [0.2, 0.25) is 0 Å². The summed E-state index contributed by atoms with van der Waals surface area (Å²) in [5.41, 5.74) is -1.47. The number of hydrogen-bond donors (Lipinski definition) is 1. The third kappa shape index (κ3) is 3.83. The summed E-state index contributed by atoms with van der Waals surface area (Å²) in [5.74, 6) is -1.94. The molecule has 0 unspecified atom stereocenters. The highest BCUT2D eigenvalue weighted by Gasteiger charge is 2.35. The van der Waals surface area contributed by atoms with Gasteiger partial charge >= 0.3 is 6.18 Å². The van der Waals surface area contributed by atoms with Gasteiger partial charge in [-0.2, -0.15) is 13.2 Å². The molecule has 2 heterocycles. The molecule has 3 rings (SSSR count). The molecule has 26 heavy (non-hydrogen) atoms. The number of anilines is 1. The zero-order chi connectivity index (χ0) is 18.9. The maximum atomic E-state index is 14.2. The van der Waals surface area contributed by atoms with Crippen LogP contribution in [0.3, 0.4) is 0 Å². The first-order valence-corrected chi connectivity index (χ1v) is 8.26. The van der Waals surface area contributed by atoms with Crippen LogP contribution < -0.4 is 5.32 Å². The molecule has 3 aromatic rings. The van der Waals surface area contributed by atoms with Gasteiger partial charge in [0.25, 0.3) is 5.91 Å². The molecule has 0 atom stereocenters. The zero-order valence-electron chi connectivity index (χ0n) is 12.6. The van der Waals surface area contributed by atoms with Crippen molar-refractivity contribution in [1.29, 1.82) is 0 Å². The molecule has 0 aliphatic carbocycles. The second-order valence-corrected chi connectivity index (χ2v) is 6.27. The number of halogens is 5. The van der Waals surface area contributed by atoms with Gasteiger partial charge in [-0.05, 0) is 24.3 Å². The van der Waals surface area contributed by atoms with E-state index in [-0.39, 0.29) is 27.1 Å². The summed E-state index contributed by atoms with van der Waals surface area (Å²) in [6.07, 6.45) is -3.55. The van der Waals surface area contributed by atoms with Crippen LogP contribution in [0, 0.1) is 5.82 Å². The lowest BCUT2D eigenvalue weighted by Crippen LogP contribution is -2.12. The van der Waals surface area contributed by atoms with Crippen molar-refractivity contribution in [2.75, 3.05) is 5.32 Å². The molecule has 4 nitrogen and oxygen atoms in total. The van der Waals surface area contributed by atoms with E-state index in [1.165, 1.54) is 29.8 Å². The summed E-state index contributed by atoms with van der Waals surface area (Å²) in [4.78, 5) is 19.8. The number of alkyl halides is 3. The monoisotopic (exact) mass is 401 g/mol. The number of pyridine rings is 1. The Bertz CT molecular complexity index is 957. The van der Waals surface area contributed by atoms with Crippen molar-refractivity contribution in [2.24, 2.45) is 0 Å². The average Bonchev–Trinajstić information content (AvgIpc) is 3.02. The first-order valence-electron chi connectivity index (χ1n) is 7.00. The molecule has 0 saturated heterocycles. The lowest BCUT2D eigenvalue weighted by molar-refractivity contribution is -0.139. The molecular weight excluding hydrogens is 394 g/mol. The van der Waals surface area contributed by atoms with Crippen molar-refractivity contribution in [3.8, 4) is 11.3 Å². The Balaban J connectivity index is 1.84. The van der Waals surface area contributed by atoms with Gasteiger partial charge in [-0.1, -0.05) is 17.7 Å². The van der Waals surface area contributed by atoms with E-state index < -0.39 is 23.5 Å². The predicted octanol–water partition coefficient (Wildman–Crippen LogP) is 5.27. The Kier molecular flexibility index (Phi) is 4.92. The topological polar surface area (TPSA) is 54.9 Å². The number of aromatic nitrogens is 2. The maximum absolute atomic E-state index is 14.2. The van der Waals surface area contributed by atoms with Gasteiger partial charge in [0, 0.05) is 17.1 Å². The van der Waals surface area contributed by atoms with E-state index in [9.17, 15) is 22.4 Å². The highest BCUT2D eigenvalue weighted by atomic mass is 35.5. The fraction of sp³-hybridized carbons (Fsp3) is 0.0625. The van der Waals surface area contributed by atoms with Crippen LogP contribution in [0.25, 0.3) is 11.3 Å². The normalized spacial score (nSPS) is 11.4. The quantitative estimate of drug-likeness (QED) is 0.480. The predicted molar refractivity (Wildman–Crippen MR) is 89.7 cm³/mol. The number of carbonyl (C=O) groups is 1. The summed E-state index contributed by atoms with van der Waals surface area (Å²) >= 11 is 6.59. The highest BCUT2D eigenvalue weighted by Crippen LogP contribution is 2.36. The standard InChI is InChI=1S/C16H8ClF4N3OS/c17-12-5-4-8(6-22-12)14(25)24-15-23-11(7-26-15)9-2-1-3-10(13(9)18)16(19,20)21/h1-7H,(H,23,24,25). The lowest BCUT2D eigenvalue weighted by atomic mass is 10.1. The molecule has 10 heteroatoms. The van der Waals surface area contributed by atoms with Crippen LogP contribution in [0.5, 0.6) is 0 Å². The molecule has 1 N–H and O–H groups in total. The second kappa shape index (κ2) is 7.00. The fourth-order valence-electron chi connectivity index (χ4n) is 2.08. The van der Waals surface area contributed by atoms with E-state index in [0.29, 0.717) is 6.07 Å². The number of carbonyl (C=O) groups excluding carboxylic acids is 1. The number of rotatable bonds is 3. The molecule has 1 amide bonds. The molecule has 0 bridgehead atoms. The summed E-state index contributed by atoms with van der Waals surface area (Å²) in [6.45, 7) is 0. The molecule has 0 fully saturated rings. The molecule has 0 aliphatic rings. The Morgan fingerprint density at radius 1 is 1.19 bits per heavy atom. The van der Waals surface area contributed by atoms with Gasteiger partial charge in [0.05, 0.1) is 16.8 Å². The number of hydrogen-bond acceptors (Lipinski definition) is 4. The van der Waals surface area contributed by atoms with Crippen molar-refractivity contribution >= 4 is 34.0 Å². The fourth-order valence-corrected chi connectivity index (χ4v) is 2.90. The second-order valence-electron chi connectivity index (χ2n) is 5.03. The lowest BCUT2D eigenvalue weighted by Gasteiger charge is -2.09. The first kappa shape index (κ1) is 18.3. The molecule has 0 radical (unpaired) electrons. The van der Waals surface area contributed by atoms with E-state index in [1.54, 1.807) is 0 Å². The van der Waals surface area contributed by atoms with Gasteiger partial charge in [-0.25, -0.2) is 14.4 Å². The molecule has 134 valence electrons. The van der Waals surface area contributed by atoms with E-state index in [0.717, 1.165) is 17.4 Å². The minimum absolute atomic E-state index is 0.0110. The molecule has 1 aromatic carbocycles. The van der Waals surface area contributed by atoms with Crippen molar-refractivity contribution in [3.63, 3.8) is 0 Å². The van der Waals surface area contributed by atoms with Gasteiger partial charge in [-0.15, -0.1) is 11.3 Å². The third-order valence-electron chi connectivity index (χ3n) is 3.29. The number of thiazole rings is 1. The largest absolute Gasteiger partial charge is 0.419 e. The van der Waals surface area contributed by atoms with Crippen molar-refractivity contribution < 1.29 is 22.4 Å². The van der Waals surface area contributed by atoms with E-state index in [2.05, 4.69) is 15.3 Å². The van der Waals surface area contributed by atoms with Crippen LogP contribution >= 0.6 is 22.9 Å². The minimum atomic E-state index is -4.81. The van der Waals surface area contributed by atoms with Crippen LogP contribution in [0.1, 0.15) is 15.9 Å². The zero-order valence-corrected chi connectivity index (χ0v) is 14.2.